The summed E-state index contributed by atoms with van der Waals surface area (Å²) in [5.41, 5.74) is 2.35. The number of benzene rings is 2. The SMILES string of the molecule is COc1ccc(CN2CCc3c(sc4ncn(CCN5CCN(c6cccc(C(F)(F)F)c6)CC5)c(=O)c34)C2)cc1. The molecule has 41 heavy (non-hydrogen) atoms. The molecule has 0 N–H and O–H groups in total. The van der Waals surface area contributed by atoms with Crippen molar-refractivity contribution in [2.24, 2.45) is 0 Å². The zero-order valence-electron chi connectivity index (χ0n) is 22.9. The van der Waals surface area contributed by atoms with Gasteiger partial charge in [0.05, 0.1) is 24.4 Å². The van der Waals surface area contributed by atoms with Crippen LogP contribution in [0.5, 0.6) is 5.75 Å². The molecule has 216 valence electrons. The number of anilines is 1. The number of ether oxygens (including phenoxy) is 1. The van der Waals surface area contributed by atoms with Crippen molar-refractivity contribution in [2.45, 2.75) is 32.2 Å². The molecule has 4 aromatic rings. The van der Waals surface area contributed by atoms with Crippen molar-refractivity contribution in [1.82, 2.24) is 19.4 Å². The van der Waals surface area contributed by atoms with Crippen LogP contribution in [0.25, 0.3) is 10.2 Å². The number of aromatic nitrogens is 2. The molecule has 0 atom stereocenters. The average Bonchev–Trinajstić information content (AvgIpc) is 3.36. The molecule has 2 aliphatic heterocycles. The predicted molar refractivity (Wildman–Crippen MR) is 155 cm³/mol. The molecule has 0 bridgehead atoms. The van der Waals surface area contributed by atoms with E-state index in [1.807, 2.05) is 17.0 Å². The largest absolute Gasteiger partial charge is 0.497 e. The number of hydrogen-bond donors (Lipinski definition) is 0. The highest BCUT2D eigenvalue weighted by atomic mass is 32.1. The third kappa shape index (κ3) is 5.98. The Morgan fingerprint density at radius 3 is 2.49 bits per heavy atom. The number of nitrogens with zero attached hydrogens (tertiary/aromatic N) is 5. The summed E-state index contributed by atoms with van der Waals surface area (Å²) in [4.78, 5) is 26.8. The summed E-state index contributed by atoms with van der Waals surface area (Å²) in [7, 11) is 1.67. The third-order valence-corrected chi connectivity index (χ3v) is 9.16. The van der Waals surface area contributed by atoms with Crippen molar-refractivity contribution in [3.8, 4) is 5.75 Å². The predicted octanol–water partition coefficient (Wildman–Crippen LogP) is 4.87. The van der Waals surface area contributed by atoms with E-state index >= 15 is 0 Å². The lowest BCUT2D eigenvalue weighted by Gasteiger charge is -2.36. The van der Waals surface area contributed by atoms with Gasteiger partial charge in [0.2, 0.25) is 0 Å². The number of rotatable bonds is 7. The molecule has 0 aliphatic carbocycles. The summed E-state index contributed by atoms with van der Waals surface area (Å²) in [6.45, 7) is 6.46. The van der Waals surface area contributed by atoms with Gasteiger partial charge in [-0.1, -0.05) is 18.2 Å². The zero-order chi connectivity index (χ0) is 28.6. The van der Waals surface area contributed by atoms with Crippen LogP contribution >= 0.6 is 11.3 Å². The first-order valence-corrected chi connectivity index (χ1v) is 14.6. The Morgan fingerprint density at radius 1 is 0.976 bits per heavy atom. The minimum absolute atomic E-state index is 0.0127. The number of piperazine rings is 1. The Bertz CT molecular complexity index is 1580. The monoisotopic (exact) mass is 583 g/mol. The fourth-order valence-corrected chi connectivity index (χ4v) is 6.93. The van der Waals surface area contributed by atoms with E-state index in [0.717, 1.165) is 66.7 Å². The normalized spacial score (nSPS) is 16.7. The van der Waals surface area contributed by atoms with Gasteiger partial charge in [-0.15, -0.1) is 11.3 Å². The van der Waals surface area contributed by atoms with Gasteiger partial charge < -0.3 is 9.64 Å². The van der Waals surface area contributed by atoms with Crippen molar-refractivity contribution >= 4 is 27.2 Å². The molecule has 0 saturated carbocycles. The van der Waals surface area contributed by atoms with Crippen LogP contribution < -0.4 is 15.2 Å². The maximum absolute atomic E-state index is 13.5. The van der Waals surface area contributed by atoms with Crippen LogP contribution in [-0.4, -0.2) is 65.7 Å². The lowest BCUT2D eigenvalue weighted by atomic mass is 10.0. The highest BCUT2D eigenvalue weighted by Gasteiger charge is 2.31. The zero-order valence-corrected chi connectivity index (χ0v) is 23.7. The number of methoxy groups -OCH3 is 1. The lowest BCUT2D eigenvalue weighted by Crippen LogP contribution is -2.47. The summed E-state index contributed by atoms with van der Waals surface area (Å²) in [6, 6.07) is 13.6. The Hall–Kier alpha value is -3.41. The van der Waals surface area contributed by atoms with Crippen molar-refractivity contribution in [1.29, 1.82) is 0 Å². The average molecular weight is 584 g/mol. The highest BCUT2D eigenvalue weighted by Crippen LogP contribution is 2.33. The van der Waals surface area contributed by atoms with Gasteiger partial charge in [0.15, 0.2) is 0 Å². The Balaban J connectivity index is 1.07. The van der Waals surface area contributed by atoms with E-state index in [9.17, 15) is 18.0 Å². The molecule has 0 spiro atoms. The van der Waals surface area contributed by atoms with Crippen LogP contribution in [0.3, 0.4) is 0 Å². The molecule has 2 aliphatic rings. The molecular formula is C30H32F3N5O2S. The quantitative estimate of drug-likeness (QED) is 0.310. The number of hydrogen-bond acceptors (Lipinski definition) is 7. The van der Waals surface area contributed by atoms with Crippen LogP contribution in [0.2, 0.25) is 0 Å². The van der Waals surface area contributed by atoms with Crippen molar-refractivity contribution < 1.29 is 17.9 Å². The first-order chi connectivity index (χ1) is 19.8. The van der Waals surface area contributed by atoms with Crippen LogP contribution in [0.15, 0.2) is 59.7 Å². The molecule has 11 heteroatoms. The van der Waals surface area contributed by atoms with E-state index in [4.69, 9.17) is 4.74 Å². The molecule has 2 aromatic carbocycles. The highest BCUT2D eigenvalue weighted by molar-refractivity contribution is 7.18. The minimum Gasteiger partial charge on any atom is -0.497 e. The fraction of sp³-hybridized carbons (Fsp3) is 0.400. The van der Waals surface area contributed by atoms with Crippen molar-refractivity contribution in [2.75, 3.05) is 51.3 Å². The molecule has 4 heterocycles. The standard InChI is InChI=1S/C30H32F3N5O2S/c1-40-24-7-5-21(6-8-24)18-36-10-9-25-26(19-36)41-28-27(25)29(39)38(20-34-28)16-13-35-11-14-37(15-12-35)23-4-2-3-22(17-23)30(31,32)33/h2-8,17,20H,9-16,18-19H2,1H3. The first-order valence-electron chi connectivity index (χ1n) is 13.8. The van der Waals surface area contributed by atoms with Gasteiger partial charge in [0, 0.05) is 69.5 Å². The second-order valence-corrected chi connectivity index (χ2v) is 11.7. The Kier molecular flexibility index (Phi) is 7.76. The summed E-state index contributed by atoms with van der Waals surface area (Å²) >= 11 is 1.62. The Morgan fingerprint density at radius 2 is 1.76 bits per heavy atom. The fourth-order valence-electron chi connectivity index (χ4n) is 5.71. The summed E-state index contributed by atoms with van der Waals surface area (Å²) in [5, 5.41) is 0.756. The molecule has 0 unspecified atom stereocenters. The topological polar surface area (TPSA) is 53.8 Å². The van der Waals surface area contributed by atoms with Gasteiger partial charge in [0.1, 0.15) is 10.6 Å². The number of alkyl halides is 3. The van der Waals surface area contributed by atoms with E-state index in [2.05, 4.69) is 26.9 Å². The van der Waals surface area contributed by atoms with Crippen LogP contribution in [0, 0.1) is 0 Å². The van der Waals surface area contributed by atoms with E-state index in [1.54, 1.807) is 35.4 Å². The summed E-state index contributed by atoms with van der Waals surface area (Å²) < 4.78 is 46.3. The van der Waals surface area contributed by atoms with Gasteiger partial charge >= 0.3 is 6.18 Å². The van der Waals surface area contributed by atoms with Crippen molar-refractivity contribution in [3.63, 3.8) is 0 Å². The molecule has 1 fully saturated rings. The van der Waals surface area contributed by atoms with Gasteiger partial charge in [-0.05, 0) is 47.9 Å². The molecule has 2 aromatic heterocycles. The number of thiophene rings is 1. The molecule has 0 radical (unpaired) electrons. The summed E-state index contributed by atoms with van der Waals surface area (Å²) in [6.07, 6.45) is -1.87. The van der Waals surface area contributed by atoms with Crippen LogP contribution in [0.4, 0.5) is 18.9 Å². The van der Waals surface area contributed by atoms with Gasteiger partial charge in [-0.2, -0.15) is 13.2 Å². The van der Waals surface area contributed by atoms with Crippen LogP contribution in [-0.2, 0) is 32.2 Å². The molecule has 1 saturated heterocycles. The summed E-state index contributed by atoms with van der Waals surface area (Å²) in [5.74, 6) is 0.846. The molecule has 6 rings (SSSR count). The third-order valence-electron chi connectivity index (χ3n) is 8.04. The molecule has 0 amide bonds. The second kappa shape index (κ2) is 11.5. The van der Waals surface area contributed by atoms with Gasteiger partial charge in [-0.3, -0.25) is 19.2 Å². The number of fused-ring (bicyclic) bond motifs is 3. The van der Waals surface area contributed by atoms with E-state index in [-0.39, 0.29) is 5.56 Å². The minimum atomic E-state index is -4.35. The van der Waals surface area contributed by atoms with Crippen LogP contribution in [0.1, 0.15) is 21.6 Å². The lowest BCUT2D eigenvalue weighted by molar-refractivity contribution is -0.137. The van der Waals surface area contributed by atoms with E-state index < -0.39 is 11.7 Å². The molecule has 7 nitrogen and oxygen atoms in total. The maximum Gasteiger partial charge on any atom is 0.416 e. The first kappa shape index (κ1) is 27.7. The Labute approximate surface area is 240 Å². The van der Waals surface area contributed by atoms with E-state index in [1.165, 1.54) is 22.6 Å². The van der Waals surface area contributed by atoms with Crippen molar-refractivity contribution in [3.05, 3.63) is 86.8 Å². The smallest absolute Gasteiger partial charge is 0.416 e. The molecular weight excluding hydrogens is 551 g/mol. The van der Waals surface area contributed by atoms with Gasteiger partial charge in [-0.25, -0.2) is 4.98 Å². The van der Waals surface area contributed by atoms with E-state index in [0.29, 0.717) is 31.9 Å². The second-order valence-electron chi connectivity index (χ2n) is 10.6. The maximum atomic E-state index is 13.5. The van der Waals surface area contributed by atoms with Gasteiger partial charge in [0.25, 0.3) is 5.56 Å². The number of halogens is 3.